The van der Waals surface area contributed by atoms with Crippen LogP contribution in [0.2, 0.25) is 10.0 Å². The van der Waals surface area contributed by atoms with Crippen molar-refractivity contribution in [1.82, 2.24) is 9.80 Å². The summed E-state index contributed by atoms with van der Waals surface area (Å²) in [5.74, 6) is -0.718. The lowest BCUT2D eigenvalue weighted by Crippen LogP contribution is -2.61. The van der Waals surface area contributed by atoms with Gasteiger partial charge in [-0.2, -0.15) is 0 Å². The third-order valence-electron chi connectivity index (χ3n) is 4.51. The standard InChI is InChI=1S/C15H16Cl2N2O4S/c1-9(20)18-4-5-19(14-8-24(22,23)7-13(14)18)15(21)10-2-3-11(16)12(17)6-10/h2-3,6,13-14H,4-5,7-8H2,1H3/t13-,14+/m1/s1. The molecule has 2 amide bonds. The Labute approximate surface area is 150 Å². The molecular formula is C15H16Cl2N2O4S. The summed E-state index contributed by atoms with van der Waals surface area (Å²) in [4.78, 5) is 27.7. The number of piperazine rings is 1. The van der Waals surface area contributed by atoms with Gasteiger partial charge in [-0.15, -0.1) is 0 Å². The number of amides is 2. The van der Waals surface area contributed by atoms with Crippen molar-refractivity contribution in [2.24, 2.45) is 0 Å². The van der Waals surface area contributed by atoms with Crippen molar-refractivity contribution in [3.8, 4) is 0 Å². The van der Waals surface area contributed by atoms with Gasteiger partial charge in [-0.05, 0) is 18.2 Å². The van der Waals surface area contributed by atoms with Gasteiger partial charge >= 0.3 is 0 Å². The summed E-state index contributed by atoms with van der Waals surface area (Å²) < 4.78 is 24.1. The van der Waals surface area contributed by atoms with E-state index in [0.717, 1.165) is 0 Å². The van der Waals surface area contributed by atoms with Crippen LogP contribution in [0, 0.1) is 0 Å². The minimum absolute atomic E-state index is 0.109. The first-order chi connectivity index (χ1) is 11.2. The van der Waals surface area contributed by atoms with Crippen molar-refractivity contribution in [1.29, 1.82) is 0 Å². The Hall–Kier alpha value is -1.31. The molecular weight excluding hydrogens is 375 g/mol. The summed E-state index contributed by atoms with van der Waals surface area (Å²) in [5, 5.41) is 0.608. The molecule has 130 valence electrons. The highest BCUT2D eigenvalue weighted by atomic mass is 35.5. The number of nitrogens with zero attached hydrogens (tertiary/aromatic N) is 2. The summed E-state index contributed by atoms with van der Waals surface area (Å²) in [7, 11) is -3.29. The fourth-order valence-corrected chi connectivity index (χ4v) is 5.67. The number of sulfone groups is 1. The Morgan fingerprint density at radius 1 is 1.04 bits per heavy atom. The largest absolute Gasteiger partial charge is 0.335 e. The Kier molecular flexibility index (Phi) is 4.53. The summed E-state index contributed by atoms with van der Waals surface area (Å²) in [6.45, 7) is 2.02. The molecule has 0 saturated carbocycles. The maximum absolute atomic E-state index is 12.8. The highest BCUT2D eigenvalue weighted by Crippen LogP contribution is 2.29. The van der Waals surface area contributed by atoms with Crippen LogP contribution in [0.1, 0.15) is 17.3 Å². The smallest absolute Gasteiger partial charge is 0.254 e. The van der Waals surface area contributed by atoms with Crippen LogP contribution < -0.4 is 0 Å². The maximum atomic E-state index is 12.8. The molecule has 0 unspecified atom stereocenters. The van der Waals surface area contributed by atoms with Crippen LogP contribution in [-0.4, -0.2) is 66.7 Å². The lowest BCUT2D eigenvalue weighted by Gasteiger charge is -2.43. The van der Waals surface area contributed by atoms with E-state index >= 15 is 0 Å². The first-order valence-corrected chi connectivity index (χ1v) is 10.0. The predicted molar refractivity (Wildman–Crippen MR) is 91.1 cm³/mol. The highest BCUT2D eigenvalue weighted by molar-refractivity contribution is 7.91. The normalized spacial score (nSPS) is 25.5. The molecule has 2 aliphatic rings. The fraction of sp³-hybridized carbons (Fsp3) is 0.467. The lowest BCUT2D eigenvalue weighted by molar-refractivity contribution is -0.133. The molecule has 1 aromatic carbocycles. The van der Waals surface area contributed by atoms with Crippen molar-refractivity contribution in [3.63, 3.8) is 0 Å². The molecule has 0 radical (unpaired) electrons. The second-order valence-corrected chi connectivity index (χ2v) is 9.02. The van der Waals surface area contributed by atoms with Crippen molar-refractivity contribution < 1.29 is 18.0 Å². The summed E-state index contributed by atoms with van der Waals surface area (Å²) >= 11 is 11.8. The van der Waals surface area contributed by atoms with Crippen LogP contribution in [0.15, 0.2) is 18.2 Å². The van der Waals surface area contributed by atoms with Crippen LogP contribution in [0.25, 0.3) is 0 Å². The van der Waals surface area contributed by atoms with Gasteiger partial charge in [-0.1, -0.05) is 23.2 Å². The second kappa shape index (κ2) is 6.20. The summed E-state index contributed by atoms with van der Waals surface area (Å²) in [5.41, 5.74) is 0.351. The van der Waals surface area contributed by atoms with E-state index in [4.69, 9.17) is 23.2 Å². The Balaban J connectivity index is 1.92. The van der Waals surface area contributed by atoms with Crippen molar-refractivity contribution in [2.45, 2.75) is 19.0 Å². The van der Waals surface area contributed by atoms with Gasteiger partial charge in [0.25, 0.3) is 5.91 Å². The van der Waals surface area contributed by atoms with Gasteiger partial charge in [0.05, 0.1) is 33.6 Å². The van der Waals surface area contributed by atoms with Crippen LogP contribution in [0.4, 0.5) is 0 Å². The van der Waals surface area contributed by atoms with E-state index in [0.29, 0.717) is 17.1 Å². The predicted octanol–water partition coefficient (Wildman–Crippen LogP) is 1.46. The average Bonchev–Trinajstić information content (AvgIpc) is 2.82. The molecule has 0 spiro atoms. The van der Waals surface area contributed by atoms with Crippen molar-refractivity contribution >= 4 is 44.9 Å². The number of fused-ring (bicyclic) bond motifs is 1. The van der Waals surface area contributed by atoms with Gasteiger partial charge in [0.15, 0.2) is 9.84 Å². The van der Waals surface area contributed by atoms with E-state index in [2.05, 4.69) is 0 Å². The van der Waals surface area contributed by atoms with Gasteiger partial charge in [-0.3, -0.25) is 9.59 Å². The quantitative estimate of drug-likeness (QED) is 0.727. The van der Waals surface area contributed by atoms with E-state index in [1.54, 1.807) is 11.0 Å². The molecule has 2 fully saturated rings. The number of hydrogen-bond acceptors (Lipinski definition) is 4. The van der Waals surface area contributed by atoms with Gasteiger partial charge in [0.1, 0.15) is 0 Å². The van der Waals surface area contributed by atoms with Gasteiger partial charge in [0, 0.05) is 25.6 Å². The van der Waals surface area contributed by atoms with Crippen molar-refractivity contribution in [3.05, 3.63) is 33.8 Å². The van der Waals surface area contributed by atoms with Gasteiger partial charge in [0.2, 0.25) is 5.91 Å². The fourth-order valence-electron chi connectivity index (χ4n) is 3.39. The second-order valence-electron chi connectivity index (χ2n) is 6.05. The molecule has 2 saturated heterocycles. The van der Waals surface area contributed by atoms with Crippen molar-refractivity contribution in [2.75, 3.05) is 24.6 Å². The third-order valence-corrected chi connectivity index (χ3v) is 6.95. The first-order valence-electron chi connectivity index (χ1n) is 7.43. The number of benzene rings is 1. The Morgan fingerprint density at radius 2 is 1.62 bits per heavy atom. The van der Waals surface area contributed by atoms with Crippen LogP contribution in [-0.2, 0) is 14.6 Å². The van der Waals surface area contributed by atoms with E-state index in [9.17, 15) is 18.0 Å². The monoisotopic (exact) mass is 390 g/mol. The van der Waals surface area contributed by atoms with E-state index < -0.39 is 21.9 Å². The molecule has 0 aliphatic carbocycles. The van der Waals surface area contributed by atoms with Crippen LogP contribution in [0.3, 0.4) is 0 Å². The first kappa shape index (κ1) is 17.5. The number of carbonyl (C=O) groups excluding carboxylic acids is 2. The topological polar surface area (TPSA) is 74.8 Å². The Morgan fingerprint density at radius 3 is 2.21 bits per heavy atom. The van der Waals surface area contributed by atoms with Crippen LogP contribution in [0.5, 0.6) is 0 Å². The lowest BCUT2D eigenvalue weighted by atomic mass is 10.0. The third kappa shape index (κ3) is 3.12. The van der Waals surface area contributed by atoms with Gasteiger partial charge < -0.3 is 9.80 Å². The summed E-state index contributed by atoms with van der Waals surface area (Å²) in [6.07, 6.45) is 0. The van der Waals surface area contributed by atoms with E-state index in [1.165, 1.54) is 24.0 Å². The van der Waals surface area contributed by atoms with Crippen LogP contribution >= 0.6 is 23.2 Å². The van der Waals surface area contributed by atoms with E-state index in [-0.39, 0.29) is 34.9 Å². The zero-order valence-electron chi connectivity index (χ0n) is 12.9. The molecule has 0 aromatic heterocycles. The minimum atomic E-state index is -3.29. The average molecular weight is 391 g/mol. The molecule has 0 N–H and O–H groups in total. The maximum Gasteiger partial charge on any atom is 0.254 e. The summed E-state index contributed by atoms with van der Waals surface area (Å²) in [6, 6.07) is 3.54. The molecule has 6 nitrogen and oxygen atoms in total. The van der Waals surface area contributed by atoms with Gasteiger partial charge in [-0.25, -0.2) is 8.42 Å². The molecule has 2 atom stereocenters. The number of rotatable bonds is 1. The molecule has 24 heavy (non-hydrogen) atoms. The number of hydrogen-bond donors (Lipinski definition) is 0. The molecule has 9 heteroatoms. The SMILES string of the molecule is CC(=O)N1CCN(C(=O)c2ccc(Cl)c(Cl)c2)[C@H]2CS(=O)(=O)C[C@H]21. The number of halogens is 2. The zero-order valence-corrected chi connectivity index (χ0v) is 15.2. The number of carbonyl (C=O) groups is 2. The highest BCUT2D eigenvalue weighted by Gasteiger charge is 2.48. The zero-order chi connectivity index (χ0) is 17.6. The molecule has 1 aromatic rings. The molecule has 3 rings (SSSR count). The molecule has 2 heterocycles. The van der Waals surface area contributed by atoms with E-state index in [1.807, 2.05) is 0 Å². The Bertz CT molecular complexity index is 812. The molecule has 2 aliphatic heterocycles. The minimum Gasteiger partial charge on any atom is -0.335 e. The molecule has 0 bridgehead atoms.